The summed E-state index contributed by atoms with van der Waals surface area (Å²) in [5.41, 5.74) is 8.36. The van der Waals surface area contributed by atoms with Crippen LogP contribution in [0.3, 0.4) is 0 Å². The molecule has 1 aliphatic rings. The first-order valence-corrected chi connectivity index (χ1v) is 9.26. The number of fused-ring (bicyclic) bond motifs is 1. The molecule has 3 N–H and O–H groups in total. The van der Waals surface area contributed by atoms with Crippen molar-refractivity contribution in [3.8, 4) is 0 Å². The number of benzene rings is 1. The number of carbonyl (C=O) groups excluding carboxylic acids is 1. The molecule has 140 valence electrons. The van der Waals surface area contributed by atoms with E-state index in [4.69, 9.17) is 10.2 Å². The molecular formula is C21H23N3O3. The van der Waals surface area contributed by atoms with Gasteiger partial charge in [0.15, 0.2) is 0 Å². The van der Waals surface area contributed by atoms with Crippen molar-refractivity contribution in [2.24, 2.45) is 5.73 Å². The summed E-state index contributed by atoms with van der Waals surface area (Å²) >= 11 is 0. The maximum Gasteiger partial charge on any atom is 0.349 e. The molecule has 4 rings (SSSR count). The number of aromatic amines is 1. The van der Waals surface area contributed by atoms with E-state index in [2.05, 4.69) is 11.1 Å². The molecule has 1 unspecified atom stereocenters. The van der Waals surface area contributed by atoms with Crippen molar-refractivity contribution >= 4 is 16.8 Å². The summed E-state index contributed by atoms with van der Waals surface area (Å²) in [4.78, 5) is 30.0. The van der Waals surface area contributed by atoms with Gasteiger partial charge in [0.25, 0.3) is 5.91 Å². The SMILES string of the molecule is Cc1cc(CCc2c[nH]c3ccccc23)oc(=O)c1C(=O)N1CCC(N)C1. The molecular weight excluding hydrogens is 342 g/mol. The van der Waals surface area contributed by atoms with Crippen LogP contribution in [-0.2, 0) is 12.8 Å². The van der Waals surface area contributed by atoms with E-state index in [0.717, 1.165) is 18.4 Å². The highest BCUT2D eigenvalue weighted by Gasteiger charge is 2.28. The van der Waals surface area contributed by atoms with Gasteiger partial charge in [-0.25, -0.2) is 4.79 Å². The normalized spacial score (nSPS) is 17.0. The Bertz CT molecular complexity index is 1050. The van der Waals surface area contributed by atoms with E-state index in [1.165, 1.54) is 10.9 Å². The first-order valence-electron chi connectivity index (χ1n) is 9.26. The lowest BCUT2D eigenvalue weighted by Gasteiger charge is -2.16. The fraction of sp³-hybridized carbons (Fsp3) is 0.333. The zero-order chi connectivity index (χ0) is 19.0. The second-order valence-corrected chi connectivity index (χ2v) is 7.22. The molecule has 6 heteroatoms. The summed E-state index contributed by atoms with van der Waals surface area (Å²) in [5, 5.41) is 1.17. The summed E-state index contributed by atoms with van der Waals surface area (Å²) in [6.45, 7) is 2.86. The van der Waals surface area contributed by atoms with Gasteiger partial charge in [0.05, 0.1) is 0 Å². The van der Waals surface area contributed by atoms with Crippen LogP contribution in [0.5, 0.6) is 0 Å². The van der Waals surface area contributed by atoms with Crippen LogP contribution in [0.4, 0.5) is 0 Å². The molecule has 1 saturated heterocycles. The van der Waals surface area contributed by atoms with Crippen LogP contribution in [0, 0.1) is 6.92 Å². The van der Waals surface area contributed by atoms with Crippen molar-refractivity contribution in [3.05, 3.63) is 69.4 Å². The van der Waals surface area contributed by atoms with Crippen molar-refractivity contribution in [3.63, 3.8) is 0 Å². The molecule has 0 bridgehead atoms. The van der Waals surface area contributed by atoms with E-state index in [0.29, 0.717) is 30.8 Å². The molecule has 0 aliphatic carbocycles. The van der Waals surface area contributed by atoms with Crippen LogP contribution in [0.15, 0.2) is 45.7 Å². The largest absolute Gasteiger partial charge is 0.427 e. The van der Waals surface area contributed by atoms with E-state index in [-0.39, 0.29) is 17.5 Å². The van der Waals surface area contributed by atoms with Crippen molar-refractivity contribution in [2.45, 2.75) is 32.2 Å². The number of aromatic nitrogens is 1. The van der Waals surface area contributed by atoms with Gasteiger partial charge in [-0.1, -0.05) is 18.2 Å². The molecule has 6 nitrogen and oxygen atoms in total. The highest BCUT2D eigenvalue weighted by molar-refractivity contribution is 5.95. The van der Waals surface area contributed by atoms with Gasteiger partial charge in [-0.15, -0.1) is 0 Å². The van der Waals surface area contributed by atoms with Gasteiger partial charge in [-0.3, -0.25) is 4.79 Å². The topological polar surface area (TPSA) is 92.3 Å². The Kier molecular flexibility index (Phi) is 4.58. The van der Waals surface area contributed by atoms with Gasteiger partial charge < -0.3 is 20.0 Å². The molecule has 3 aromatic rings. The maximum atomic E-state index is 12.6. The van der Waals surface area contributed by atoms with Crippen molar-refractivity contribution in [2.75, 3.05) is 13.1 Å². The highest BCUT2D eigenvalue weighted by Crippen LogP contribution is 2.20. The highest BCUT2D eigenvalue weighted by atomic mass is 16.4. The Morgan fingerprint density at radius 3 is 2.89 bits per heavy atom. The molecule has 1 atom stereocenters. The standard InChI is InChI=1S/C21H23N3O3/c1-13-10-16(7-6-14-11-23-18-5-3-2-4-17(14)18)27-21(26)19(13)20(25)24-9-8-15(22)12-24/h2-5,10-11,15,23H,6-9,12,22H2,1H3. The second kappa shape index (κ2) is 7.04. The van der Waals surface area contributed by atoms with Gasteiger partial charge in [-0.2, -0.15) is 0 Å². The van der Waals surface area contributed by atoms with Crippen LogP contribution in [0.1, 0.15) is 33.7 Å². The molecule has 1 aliphatic heterocycles. The minimum absolute atomic E-state index is 0.0169. The van der Waals surface area contributed by atoms with Crippen molar-refractivity contribution < 1.29 is 9.21 Å². The summed E-state index contributed by atoms with van der Waals surface area (Å²) in [7, 11) is 0. The average Bonchev–Trinajstić information content (AvgIpc) is 3.25. The third kappa shape index (κ3) is 3.40. The van der Waals surface area contributed by atoms with E-state index < -0.39 is 5.63 Å². The lowest BCUT2D eigenvalue weighted by molar-refractivity contribution is 0.0785. The van der Waals surface area contributed by atoms with Gasteiger partial charge in [0.1, 0.15) is 11.3 Å². The first-order chi connectivity index (χ1) is 13.0. The molecule has 0 radical (unpaired) electrons. The molecule has 27 heavy (non-hydrogen) atoms. The molecule has 1 fully saturated rings. The summed E-state index contributed by atoms with van der Waals surface area (Å²) < 4.78 is 5.46. The monoisotopic (exact) mass is 365 g/mol. The molecule has 1 amide bonds. The van der Waals surface area contributed by atoms with Crippen LogP contribution >= 0.6 is 0 Å². The minimum Gasteiger partial charge on any atom is -0.427 e. The smallest absolute Gasteiger partial charge is 0.349 e. The lowest BCUT2D eigenvalue weighted by atomic mass is 10.1. The second-order valence-electron chi connectivity index (χ2n) is 7.22. The molecule has 0 saturated carbocycles. The zero-order valence-electron chi connectivity index (χ0n) is 15.3. The van der Waals surface area contributed by atoms with Gasteiger partial charge in [-0.05, 0) is 43.0 Å². The van der Waals surface area contributed by atoms with Crippen LogP contribution < -0.4 is 11.4 Å². The van der Waals surface area contributed by atoms with Gasteiger partial charge in [0.2, 0.25) is 0 Å². The molecule has 1 aromatic carbocycles. The average molecular weight is 365 g/mol. The molecule has 0 spiro atoms. The Morgan fingerprint density at radius 1 is 1.33 bits per heavy atom. The third-order valence-electron chi connectivity index (χ3n) is 5.24. The predicted octanol–water partition coefficient (Wildman–Crippen LogP) is 2.39. The number of amides is 1. The van der Waals surface area contributed by atoms with E-state index >= 15 is 0 Å². The zero-order valence-corrected chi connectivity index (χ0v) is 15.3. The minimum atomic E-state index is -0.561. The quantitative estimate of drug-likeness (QED) is 0.742. The van der Waals surface area contributed by atoms with Crippen LogP contribution in [0.2, 0.25) is 0 Å². The number of rotatable bonds is 4. The lowest BCUT2D eigenvalue weighted by Crippen LogP contribution is -2.35. The number of nitrogens with two attached hydrogens (primary N) is 1. The van der Waals surface area contributed by atoms with Crippen LogP contribution in [0.25, 0.3) is 10.9 Å². The number of likely N-dealkylation sites (tertiary alicyclic amines) is 1. The van der Waals surface area contributed by atoms with E-state index in [1.54, 1.807) is 17.9 Å². The summed E-state index contributed by atoms with van der Waals surface area (Å²) in [6.07, 6.45) is 4.10. The third-order valence-corrected chi connectivity index (χ3v) is 5.24. The number of para-hydroxylation sites is 1. The fourth-order valence-corrected chi connectivity index (χ4v) is 3.78. The molecule has 3 heterocycles. The van der Waals surface area contributed by atoms with Crippen LogP contribution in [-0.4, -0.2) is 34.9 Å². The number of nitrogens with zero attached hydrogens (tertiary/aromatic N) is 1. The van der Waals surface area contributed by atoms with Crippen molar-refractivity contribution in [1.29, 1.82) is 0 Å². The molecule has 2 aromatic heterocycles. The van der Waals surface area contributed by atoms with Gasteiger partial charge in [0, 0.05) is 42.7 Å². The van der Waals surface area contributed by atoms with Gasteiger partial charge >= 0.3 is 5.63 Å². The number of hydrogen-bond donors (Lipinski definition) is 2. The number of H-pyrrole nitrogens is 1. The Morgan fingerprint density at radius 2 is 2.15 bits per heavy atom. The van der Waals surface area contributed by atoms with Crippen molar-refractivity contribution in [1.82, 2.24) is 9.88 Å². The summed E-state index contributed by atoms with van der Waals surface area (Å²) in [5.74, 6) is 0.315. The Balaban J connectivity index is 1.53. The predicted molar refractivity (Wildman–Crippen MR) is 104 cm³/mol. The number of aryl methyl sites for hydroxylation is 3. The Hall–Kier alpha value is -2.86. The fourth-order valence-electron chi connectivity index (χ4n) is 3.78. The summed E-state index contributed by atoms with van der Waals surface area (Å²) in [6, 6.07) is 9.90. The van der Waals surface area contributed by atoms with E-state index in [9.17, 15) is 9.59 Å². The number of nitrogens with one attached hydrogen (secondary N) is 1. The number of hydrogen-bond acceptors (Lipinski definition) is 4. The maximum absolute atomic E-state index is 12.6. The first kappa shape index (κ1) is 17.5. The Labute approximate surface area is 157 Å². The van der Waals surface area contributed by atoms with E-state index in [1.807, 2.05) is 24.4 Å². The number of carbonyl (C=O) groups is 1.